The first kappa shape index (κ1) is 13.2. The molecule has 0 fully saturated rings. The molecule has 4 nitrogen and oxygen atoms in total. The number of carboxylic acid groups (broad SMARTS) is 1. The van der Waals surface area contributed by atoms with Crippen LogP contribution in [0.15, 0.2) is 46.0 Å². The van der Waals surface area contributed by atoms with Gasteiger partial charge in [0.25, 0.3) is 0 Å². The van der Waals surface area contributed by atoms with Gasteiger partial charge in [0.05, 0.1) is 12.1 Å². The highest BCUT2D eigenvalue weighted by Crippen LogP contribution is 2.26. The van der Waals surface area contributed by atoms with E-state index >= 15 is 0 Å². The fraction of sp³-hybridized carbons (Fsp3) is 0.167. The first-order chi connectivity index (χ1) is 8.66. The van der Waals surface area contributed by atoms with Crippen LogP contribution in [-0.2, 0) is 6.54 Å². The van der Waals surface area contributed by atoms with E-state index in [4.69, 9.17) is 5.11 Å². The molecule has 0 unspecified atom stereocenters. The van der Waals surface area contributed by atoms with E-state index in [2.05, 4.69) is 21.0 Å². The average molecular weight is 327 g/mol. The molecule has 1 N–H and O–H groups in total. The summed E-state index contributed by atoms with van der Waals surface area (Å²) < 4.78 is 2.71. The van der Waals surface area contributed by atoms with Crippen LogP contribution in [0.2, 0.25) is 0 Å². The highest BCUT2D eigenvalue weighted by atomic mass is 79.9. The van der Waals surface area contributed by atoms with Crippen LogP contribution in [0.1, 0.15) is 10.4 Å². The van der Waals surface area contributed by atoms with Crippen molar-refractivity contribution in [1.82, 2.24) is 9.78 Å². The topological polar surface area (TPSA) is 55.1 Å². The molecule has 1 heterocycles. The summed E-state index contributed by atoms with van der Waals surface area (Å²) in [6.45, 7) is 0.753. The number of thioether (sulfide) groups is 1. The molecule has 0 aliphatic carbocycles. The van der Waals surface area contributed by atoms with Crippen LogP contribution in [0.3, 0.4) is 0 Å². The molecular weight excluding hydrogens is 316 g/mol. The van der Waals surface area contributed by atoms with Gasteiger partial charge in [-0.2, -0.15) is 5.10 Å². The Bertz CT molecular complexity index is 543. The van der Waals surface area contributed by atoms with Crippen molar-refractivity contribution in [3.8, 4) is 0 Å². The molecule has 0 saturated carbocycles. The number of hydrogen-bond donors (Lipinski definition) is 1. The van der Waals surface area contributed by atoms with Crippen molar-refractivity contribution in [3.63, 3.8) is 0 Å². The number of halogens is 1. The molecule has 0 saturated heterocycles. The molecular formula is C12H11BrN2O2S. The minimum absolute atomic E-state index is 0.337. The van der Waals surface area contributed by atoms with Crippen molar-refractivity contribution >= 4 is 33.7 Å². The van der Waals surface area contributed by atoms with E-state index in [0.29, 0.717) is 5.56 Å². The first-order valence-corrected chi connectivity index (χ1v) is 7.08. The van der Waals surface area contributed by atoms with Crippen LogP contribution in [0.4, 0.5) is 0 Å². The van der Waals surface area contributed by atoms with Crippen molar-refractivity contribution in [3.05, 3.63) is 46.7 Å². The van der Waals surface area contributed by atoms with Gasteiger partial charge in [0.2, 0.25) is 0 Å². The van der Waals surface area contributed by atoms with Crippen LogP contribution >= 0.6 is 27.7 Å². The highest BCUT2D eigenvalue weighted by Gasteiger charge is 2.10. The summed E-state index contributed by atoms with van der Waals surface area (Å²) >= 11 is 4.87. The molecule has 2 aromatic rings. The molecule has 94 valence electrons. The lowest BCUT2D eigenvalue weighted by atomic mass is 10.2. The number of carbonyl (C=O) groups is 1. The van der Waals surface area contributed by atoms with Gasteiger partial charge in [0.15, 0.2) is 0 Å². The Morgan fingerprint density at radius 1 is 1.50 bits per heavy atom. The number of hydrogen-bond acceptors (Lipinski definition) is 3. The van der Waals surface area contributed by atoms with Crippen LogP contribution < -0.4 is 0 Å². The SMILES string of the molecule is O=C(O)c1ccc(Br)cc1SCCn1cccn1. The summed E-state index contributed by atoms with van der Waals surface area (Å²) in [4.78, 5) is 11.8. The minimum atomic E-state index is -0.899. The van der Waals surface area contributed by atoms with Crippen LogP contribution in [0.25, 0.3) is 0 Å². The molecule has 0 spiro atoms. The van der Waals surface area contributed by atoms with Gasteiger partial charge in [-0.25, -0.2) is 4.79 Å². The molecule has 0 bridgehead atoms. The van der Waals surface area contributed by atoms with Crippen molar-refractivity contribution in [2.45, 2.75) is 11.4 Å². The zero-order chi connectivity index (χ0) is 13.0. The standard InChI is InChI=1S/C12H11BrN2O2S/c13-9-2-3-10(12(16)17)11(8-9)18-7-6-15-5-1-4-14-15/h1-5,8H,6-7H2,(H,16,17). The highest BCUT2D eigenvalue weighted by molar-refractivity contribution is 9.10. The normalized spacial score (nSPS) is 10.5. The van der Waals surface area contributed by atoms with E-state index in [-0.39, 0.29) is 0 Å². The lowest BCUT2D eigenvalue weighted by Gasteiger charge is -2.06. The zero-order valence-electron chi connectivity index (χ0n) is 9.41. The molecule has 0 aliphatic rings. The third-order valence-corrected chi connectivity index (χ3v) is 3.84. The molecule has 0 radical (unpaired) electrons. The summed E-state index contributed by atoms with van der Waals surface area (Å²) in [7, 11) is 0. The van der Waals surface area contributed by atoms with Crippen LogP contribution in [-0.4, -0.2) is 26.6 Å². The Balaban J connectivity index is 2.03. The number of aromatic nitrogens is 2. The van der Waals surface area contributed by atoms with Gasteiger partial charge in [-0.05, 0) is 24.3 Å². The second-order valence-electron chi connectivity index (χ2n) is 3.56. The predicted octanol–water partition coefficient (Wildman–Crippen LogP) is 3.14. The zero-order valence-corrected chi connectivity index (χ0v) is 11.8. The van der Waals surface area contributed by atoms with Gasteiger partial charge in [0, 0.05) is 27.5 Å². The number of aromatic carboxylic acids is 1. The Morgan fingerprint density at radius 2 is 2.33 bits per heavy atom. The predicted molar refractivity (Wildman–Crippen MR) is 74.1 cm³/mol. The van der Waals surface area contributed by atoms with Gasteiger partial charge in [-0.3, -0.25) is 4.68 Å². The Hall–Kier alpha value is -1.27. The summed E-state index contributed by atoms with van der Waals surface area (Å²) in [5.41, 5.74) is 0.337. The van der Waals surface area contributed by atoms with E-state index in [1.54, 1.807) is 18.3 Å². The fourth-order valence-electron chi connectivity index (χ4n) is 1.47. The largest absolute Gasteiger partial charge is 0.478 e. The van der Waals surface area contributed by atoms with Gasteiger partial charge >= 0.3 is 5.97 Å². The van der Waals surface area contributed by atoms with E-state index in [0.717, 1.165) is 21.7 Å². The molecule has 18 heavy (non-hydrogen) atoms. The minimum Gasteiger partial charge on any atom is -0.478 e. The molecule has 2 rings (SSSR count). The maximum atomic E-state index is 11.1. The van der Waals surface area contributed by atoms with E-state index in [1.165, 1.54) is 11.8 Å². The lowest BCUT2D eigenvalue weighted by molar-refractivity contribution is 0.0693. The summed E-state index contributed by atoms with van der Waals surface area (Å²) in [6, 6.07) is 7.05. The van der Waals surface area contributed by atoms with Crippen molar-refractivity contribution in [2.75, 3.05) is 5.75 Å². The maximum Gasteiger partial charge on any atom is 0.336 e. The molecule has 0 atom stereocenters. The number of aryl methyl sites for hydroxylation is 1. The first-order valence-electron chi connectivity index (χ1n) is 5.30. The van der Waals surface area contributed by atoms with Crippen molar-refractivity contribution in [1.29, 1.82) is 0 Å². The molecule has 1 aromatic carbocycles. The second kappa shape index (κ2) is 6.06. The van der Waals surface area contributed by atoms with Crippen LogP contribution in [0, 0.1) is 0 Å². The Kier molecular flexibility index (Phi) is 4.43. The van der Waals surface area contributed by atoms with Gasteiger partial charge in [-0.15, -0.1) is 11.8 Å². The fourth-order valence-corrected chi connectivity index (χ4v) is 3.01. The van der Waals surface area contributed by atoms with Crippen molar-refractivity contribution < 1.29 is 9.90 Å². The van der Waals surface area contributed by atoms with E-state index < -0.39 is 5.97 Å². The molecule has 6 heteroatoms. The number of nitrogens with zero attached hydrogens (tertiary/aromatic N) is 2. The second-order valence-corrected chi connectivity index (χ2v) is 5.62. The number of rotatable bonds is 5. The van der Waals surface area contributed by atoms with Gasteiger partial charge in [0.1, 0.15) is 0 Å². The summed E-state index contributed by atoms with van der Waals surface area (Å²) in [5, 5.41) is 13.2. The Morgan fingerprint density at radius 3 is 3.00 bits per heavy atom. The maximum absolute atomic E-state index is 11.1. The van der Waals surface area contributed by atoms with Gasteiger partial charge < -0.3 is 5.11 Å². The smallest absolute Gasteiger partial charge is 0.336 e. The van der Waals surface area contributed by atoms with Crippen LogP contribution in [0.5, 0.6) is 0 Å². The van der Waals surface area contributed by atoms with E-state index in [9.17, 15) is 4.79 Å². The quantitative estimate of drug-likeness (QED) is 0.857. The number of benzene rings is 1. The Labute approximate surface area is 117 Å². The third-order valence-electron chi connectivity index (χ3n) is 2.31. The molecule has 0 amide bonds. The third kappa shape index (κ3) is 3.36. The summed E-state index contributed by atoms with van der Waals surface area (Å²) in [5.74, 6) is -0.123. The number of carboxylic acids is 1. The lowest BCUT2D eigenvalue weighted by Crippen LogP contribution is -2.02. The van der Waals surface area contributed by atoms with E-state index in [1.807, 2.05) is 23.0 Å². The summed E-state index contributed by atoms with van der Waals surface area (Å²) in [6.07, 6.45) is 3.62. The average Bonchev–Trinajstić information content (AvgIpc) is 2.82. The van der Waals surface area contributed by atoms with Crippen molar-refractivity contribution in [2.24, 2.45) is 0 Å². The monoisotopic (exact) mass is 326 g/mol. The molecule has 1 aromatic heterocycles. The molecule has 0 aliphatic heterocycles. The van der Waals surface area contributed by atoms with Gasteiger partial charge in [-0.1, -0.05) is 15.9 Å².